The third-order valence-corrected chi connectivity index (χ3v) is 15.4. The molecule has 2 aromatic heterocycles. The van der Waals surface area contributed by atoms with E-state index in [-0.39, 0.29) is 47.5 Å². The van der Waals surface area contributed by atoms with Gasteiger partial charge in [-0.15, -0.1) is 22.7 Å². The summed E-state index contributed by atoms with van der Waals surface area (Å²) in [6.07, 6.45) is 6.91. The van der Waals surface area contributed by atoms with Gasteiger partial charge in [0.2, 0.25) is 0 Å². The Balaban J connectivity index is 0.969. The van der Waals surface area contributed by atoms with Gasteiger partial charge in [0, 0.05) is 64.7 Å². The lowest BCUT2D eigenvalue weighted by Crippen LogP contribution is -2.22. The van der Waals surface area contributed by atoms with Crippen molar-refractivity contribution in [2.75, 3.05) is 0 Å². The molecule has 2 unspecified atom stereocenters. The van der Waals surface area contributed by atoms with E-state index in [0.29, 0.717) is 54.3 Å². The molecule has 0 radical (unpaired) electrons. The fourth-order valence-electron chi connectivity index (χ4n) is 9.65. The zero-order valence-electron chi connectivity index (χ0n) is 35.8. The number of fused-ring (bicyclic) bond motifs is 9. The summed E-state index contributed by atoms with van der Waals surface area (Å²) < 4.78 is 11.9. The minimum Gasteiger partial charge on any atom is -0.457 e. The van der Waals surface area contributed by atoms with E-state index in [1.807, 2.05) is 121 Å². The quantitative estimate of drug-likeness (QED) is 0.0839. The number of hydrogen-bond acceptors (Lipinski definition) is 10. The van der Waals surface area contributed by atoms with E-state index in [0.717, 1.165) is 42.4 Å². The normalized spacial score (nSPS) is 16.7. The van der Waals surface area contributed by atoms with Crippen molar-refractivity contribution in [2.24, 2.45) is 0 Å². The minimum atomic E-state index is -0.567. The maximum absolute atomic E-state index is 14.4. The third kappa shape index (κ3) is 6.96. The molecule has 0 amide bonds. The summed E-state index contributed by atoms with van der Waals surface area (Å²) in [4.78, 5) is 87.1. The molecule has 68 heavy (non-hydrogen) atoms. The van der Waals surface area contributed by atoms with Gasteiger partial charge in [-0.1, -0.05) is 121 Å². The van der Waals surface area contributed by atoms with Crippen LogP contribution in [0.4, 0.5) is 0 Å². The highest BCUT2D eigenvalue weighted by Gasteiger charge is 2.42. The summed E-state index contributed by atoms with van der Waals surface area (Å²) in [5.41, 5.74) is 4.74. The van der Waals surface area contributed by atoms with Gasteiger partial charge < -0.3 is 9.47 Å². The van der Waals surface area contributed by atoms with Crippen LogP contribution in [0.1, 0.15) is 95.0 Å². The maximum Gasteiger partial charge on any atom is 0.338 e. The van der Waals surface area contributed by atoms with Crippen LogP contribution >= 0.6 is 22.7 Å². The molecule has 0 spiro atoms. The number of ether oxygens (including phenoxy) is 2. The minimum absolute atomic E-state index is 0.0242. The number of rotatable bonds is 8. The Morgan fingerprint density at radius 1 is 0.426 bits per heavy atom. The Labute approximate surface area is 396 Å². The van der Waals surface area contributed by atoms with Crippen LogP contribution in [-0.4, -0.2) is 35.1 Å². The fourth-order valence-corrected chi connectivity index (χ4v) is 12.1. The molecule has 8 aromatic rings. The summed E-state index contributed by atoms with van der Waals surface area (Å²) in [6.45, 7) is 0.0484. The molecule has 4 aliphatic rings. The second-order valence-electron chi connectivity index (χ2n) is 17.1. The molecule has 12 rings (SSSR count). The van der Waals surface area contributed by atoms with Crippen molar-refractivity contribution in [2.45, 2.75) is 25.0 Å². The molecule has 0 fully saturated rings. The number of carbonyl (C=O) groups is 6. The Kier molecular flexibility index (Phi) is 9.89. The average molecular weight is 923 g/mol. The smallest absolute Gasteiger partial charge is 0.338 e. The lowest BCUT2D eigenvalue weighted by Gasteiger charge is -2.32. The number of benzene rings is 6. The summed E-state index contributed by atoms with van der Waals surface area (Å²) in [6, 6.07) is 44.5. The number of thiophene rings is 2. The predicted molar refractivity (Wildman–Crippen MR) is 264 cm³/mol. The van der Waals surface area contributed by atoms with Crippen LogP contribution < -0.4 is 0 Å². The Bertz CT molecular complexity index is 3340. The number of ketones is 4. The van der Waals surface area contributed by atoms with Gasteiger partial charge in [0.25, 0.3) is 0 Å². The van der Waals surface area contributed by atoms with E-state index in [4.69, 9.17) is 9.47 Å². The topological polar surface area (TPSA) is 121 Å². The van der Waals surface area contributed by atoms with Gasteiger partial charge >= 0.3 is 11.9 Å². The molecule has 0 saturated heterocycles. The second kappa shape index (κ2) is 16.3. The van der Waals surface area contributed by atoms with E-state index in [1.165, 1.54) is 22.7 Å². The maximum atomic E-state index is 14.4. The molecule has 2 heterocycles. The molecular formula is C58H34O8S2. The van der Waals surface area contributed by atoms with Crippen LogP contribution in [0.5, 0.6) is 0 Å². The van der Waals surface area contributed by atoms with Gasteiger partial charge in [-0.05, 0) is 81.2 Å². The van der Waals surface area contributed by atoms with E-state index in [9.17, 15) is 28.8 Å². The van der Waals surface area contributed by atoms with Crippen LogP contribution in [0, 0.1) is 0 Å². The Morgan fingerprint density at radius 2 is 0.750 bits per heavy atom. The van der Waals surface area contributed by atoms with Crippen LogP contribution in [0.15, 0.2) is 169 Å². The Hall–Kier alpha value is -8.18. The SMILES string of the molecule is O=C(OCc1ccccc1)C1=CC2c3sc(C=C4C(=O)c5cc6ccccc6cc5C4=O)cc3C(C(=O)OCc3ccccc3)=CC2c2sc(C=C3C(=O)c4cc5ccccc5cc4C3=O)cc21. The molecule has 0 bridgehead atoms. The first-order valence-corrected chi connectivity index (χ1v) is 23.6. The number of allylic oxidation sites excluding steroid dienone is 4. The number of hydrogen-bond donors (Lipinski definition) is 0. The zero-order valence-corrected chi connectivity index (χ0v) is 37.5. The number of esters is 2. The summed E-state index contributed by atoms with van der Waals surface area (Å²) in [5.74, 6) is -3.63. The molecule has 0 aliphatic heterocycles. The third-order valence-electron chi connectivity index (χ3n) is 13.0. The van der Waals surface area contributed by atoms with Crippen LogP contribution in [0.25, 0.3) is 44.8 Å². The molecule has 326 valence electrons. The zero-order chi connectivity index (χ0) is 46.2. The monoisotopic (exact) mass is 922 g/mol. The second-order valence-corrected chi connectivity index (χ2v) is 19.3. The predicted octanol–water partition coefficient (Wildman–Crippen LogP) is 12.2. The van der Waals surface area contributed by atoms with E-state index >= 15 is 0 Å². The molecule has 0 saturated carbocycles. The molecule has 8 nitrogen and oxygen atoms in total. The van der Waals surface area contributed by atoms with Gasteiger partial charge in [-0.25, -0.2) is 9.59 Å². The molecule has 2 atom stereocenters. The summed E-state index contributed by atoms with van der Waals surface area (Å²) in [5, 5.41) is 3.41. The Morgan fingerprint density at radius 3 is 1.09 bits per heavy atom. The molecule has 4 aliphatic carbocycles. The average Bonchev–Trinajstić information content (AvgIpc) is 4.11. The number of Topliss-reactive ketones (excluding diaryl/α,β-unsaturated/α-hetero) is 4. The van der Waals surface area contributed by atoms with Crippen LogP contribution in [0.2, 0.25) is 0 Å². The molecule has 6 aromatic carbocycles. The van der Waals surface area contributed by atoms with Crippen molar-refractivity contribution in [1.29, 1.82) is 0 Å². The van der Waals surface area contributed by atoms with Crippen molar-refractivity contribution < 1.29 is 38.2 Å². The van der Waals surface area contributed by atoms with Gasteiger partial charge in [0.15, 0.2) is 23.1 Å². The first kappa shape index (κ1) is 41.3. The van der Waals surface area contributed by atoms with Crippen molar-refractivity contribution in [1.82, 2.24) is 0 Å². The van der Waals surface area contributed by atoms with Crippen molar-refractivity contribution >= 4 is 103 Å². The molecular weight excluding hydrogens is 889 g/mol. The lowest BCUT2D eigenvalue weighted by atomic mass is 9.74. The van der Waals surface area contributed by atoms with Crippen molar-refractivity contribution in [3.63, 3.8) is 0 Å². The van der Waals surface area contributed by atoms with E-state index in [2.05, 4.69) is 0 Å². The largest absolute Gasteiger partial charge is 0.457 e. The molecule has 10 heteroatoms. The van der Waals surface area contributed by atoms with Crippen LogP contribution in [-0.2, 0) is 32.3 Å². The van der Waals surface area contributed by atoms with E-state index < -0.39 is 23.8 Å². The highest BCUT2D eigenvalue weighted by Crippen LogP contribution is 2.55. The standard InChI is InChI=1S/C58H34O8S2/c59-51-39-19-33-15-7-8-16-34(33)20-40(39)52(60)49(51)25-37-23-43-47(57(63)65-29-31-11-3-1-4-12-31)27-45-46(55(43)67-37)28-48(58(64)66-30-32-13-5-2-6-14-32)44-24-38(68-56(44)45)26-50-53(61)41-21-35-17-9-10-18-36(35)22-42(41)54(50)62/h1-28,45-46H,29-30H2. The van der Waals surface area contributed by atoms with Gasteiger partial charge in [0.1, 0.15) is 13.2 Å². The fraction of sp³-hybridized carbons (Fsp3) is 0.0690. The van der Waals surface area contributed by atoms with Gasteiger partial charge in [0.05, 0.1) is 22.3 Å². The molecule has 0 N–H and O–H groups in total. The summed E-state index contributed by atoms with van der Waals surface area (Å²) in [7, 11) is 0. The highest BCUT2D eigenvalue weighted by atomic mass is 32.1. The van der Waals surface area contributed by atoms with Crippen molar-refractivity contribution in [3.8, 4) is 0 Å². The first-order valence-electron chi connectivity index (χ1n) is 22.0. The lowest BCUT2D eigenvalue weighted by molar-refractivity contribution is -0.138. The highest BCUT2D eigenvalue weighted by molar-refractivity contribution is 7.14. The van der Waals surface area contributed by atoms with Gasteiger partial charge in [-0.2, -0.15) is 0 Å². The number of carbonyl (C=O) groups excluding carboxylic acids is 6. The van der Waals surface area contributed by atoms with Crippen LogP contribution in [0.3, 0.4) is 0 Å². The summed E-state index contributed by atoms with van der Waals surface area (Å²) >= 11 is 2.66. The first-order chi connectivity index (χ1) is 33.2. The van der Waals surface area contributed by atoms with E-state index in [1.54, 1.807) is 48.6 Å². The van der Waals surface area contributed by atoms with Gasteiger partial charge in [-0.3, -0.25) is 19.2 Å². The van der Waals surface area contributed by atoms with Crippen molar-refractivity contribution in [3.05, 3.63) is 233 Å².